The molecule has 0 aliphatic carbocycles. The molecule has 0 saturated heterocycles. The minimum Gasteiger partial charge on any atom is -0.496 e. The predicted molar refractivity (Wildman–Crippen MR) is 62.3 cm³/mol. The Morgan fingerprint density at radius 2 is 2.00 bits per heavy atom. The SMILES string of the molecule is COc1ccccc1-c1cc[c]c(Cl)c1. The number of ether oxygens (including phenoxy) is 1. The lowest BCUT2D eigenvalue weighted by Crippen LogP contribution is -1.86. The van der Waals surface area contributed by atoms with Crippen LogP contribution in [0.4, 0.5) is 0 Å². The molecule has 0 saturated carbocycles. The average molecular weight is 218 g/mol. The number of halogens is 1. The number of methoxy groups -OCH3 is 1. The molecule has 0 aliphatic heterocycles. The molecule has 75 valence electrons. The van der Waals surface area contributed by atoms with Crippen molar-refractivity contribution in [3.63, 3.8) is 0 Å². The Balaban J connectivity index is 2.53. The molecule has 0 atom stereocenters. The van der Waals surface area contributed by atoms with Crippen molar-refractivity contribution in [1.29, 1.82) is 0 Å². The third-order valence-electron chi connectivity index (χ3n) is 2.18. The third kappa shape index (κ3) is 2.13. The summed E-state index contributed by atoms with van der Waals surface area (Å²) >= 11 is 5.89. The van der Waals surface area contributed by atoms with Crippen LogP contribution in [-0.2, 0) is 0 Å². The number of benzene rings is 2. The summed E-state index contributed by atoms with van der Waals surface area (Å²) in [6.07, 6.45) is 0. The smallest absolute Gasteiger partial charge is 0.126 e. The van der Waals surface area contributed by atoms with Crippen molar-refractivity contribution in [2.24, 2.45) is 0 Å². The van der Waals surface area contributed by atoms with Gasteiger partial charge in [-0.2, -0.15) is 0 Å². The van der Waals surface area contributed by atoms with Crippen LogP contribution < -0.4 is 4.74 Å². The summed E-state index contributed by atoms with van der Waals surface area (Å²) in [6.45, 7) is 0. The van der Waals surface area contributed by atoms with Crippen molar-refractivity contribution in [3.05, 3.63) is 53.6 Å². The van der Waals surface area contributed by atoms with Gasteiger partial charge in [-0.3, -0.25) is 0 Å². The summed E-state index contributed by atoms with van der Waals surface area (Å²) < 4.78 is 5.29. The fourth-order valence-corrected chi connectivity index (χ4v) is 1.67. The van der Waals surface area contributed by atoms with Gasteiger partial charge < -0.3 is 4.74 Å². The van der Waals surface area contributed by atoms with Gasteiger partial charge in [0, 0.05) is 16.7 Å². The van der Waals surface area contributed by atoms with Gasteiger partial charge in [-0.05, 0) is 17.7 Å². The summed E-state index contributed by atoms with van der Waals surface area (Å²) in [5, 5.41) is 0.610. The maximum absolute atomic E-state index is 5.89. The molecule has 0 aliphatic rings. The van der Waals surface area contributed by atoms with E-state index in [0.717, 1.165) is 16.9 Å². The van der Waals surface area contributed by atoms with E-state index in [4.69, 9.17) is 16.3 Å². The van der Waals surface area contributed by atoms with Crippen molar-refractivity contribution in [2.75, 3.05) is 7.11 Å². The van der Waals surface area contributed by atoms with E-state index in [9.17, 15) is 0 Å². The standard InChI is InChI=1S/C13H10ClO/c1-15-13-8-3-2-7-12(13)10-5-4-6-11(14)9-10/h2-5,7-9H,1H3. The fourth-order valence-electron chi connectivity index (χ4n) is 1.49. The quantitative estimate of drug-likeness (QED) is 0.743. The zero-order valence-electron chi connectivity index (χ0n) is 8.33. The van der Waals surface area contributed by atoms with Crippen LogP contribution in [0.25, 0.3) is 11.1 Å². The molecule has 0 N–H and O–H groups in total. The van der Waals surface area contributed by atoms with E-state index in [1.54, 1.807) is 7.11 Å². The molecule has 0 heterocycles. The van der Waals surface area contributed by atoms with Crippen molar-refractivity contribution in [1.82, 2.24) is 0 Å². The molecule has 0 amide bonds. The number of para-hydroxylation sites is 1. The summed E-state index contributed by atoms with van der Waals surface area (Å²) in [5.74, 6) is 0.847. The first-order valence-electron chi connectivity index (χ1n) is 4.62. The molecule has 2 rings (SSSR count). The molecule has 0 fully saturated rings. The van der Waals surface area contributed by atoms with Gasteiger partial charge in [-0.15, -0.1) is 0 Å². The largest absolute Gasteiger partial charge is 0.496 e. The van der Waals surface area contributed by atoms with E-state index in [0.29, 0.717) is 5.02 Å². The van der Waals surface area contributed by atoms with Gasteiger partial charge in [0.05, 0.1) is 7.11 Å². The molecule has 0 aromatic heterocycles. The van der Waals surface area contributed by atoms with Crippen LogP contribution in [0.5, 0.6) is 5.75 Å². The Bertz CT molecular complexity index is 466. The number of hydrogen-bond acceptors (Lipinski definition) is 1. The lowest BCUT2D eigenvalue weighted by Gasteiger charge is -2.07. The Kier molecular flexibility index (Phi) is 2.93. The Labute approximate surface area is 94.3 Å². The van der Waals surface area contributed by atoms with Crippen molar-refractivity contribution in [3.8, 4) is 16.9 Å². The van der Waals surface area contributed by atoms with E-state index in [-0.39, 0.29) is 0 Å². The van der Waals surface area contributed by atoms with E-state index in [1.165, 1.54) is 0 Å². The minimum atomic E-state index is 0.610. The van der Waals surface area contributed by atoms with Crippen molar-refractivity contribution in [2.45, 2.75) is 0 Å². The highest BCUT2D eigenvalue weighted by atomic mass is 35.5. The maximum Gasteiger partial charge on any atom is 0.126 e. The Morgan fingerprint density at radius 3 is 2.73 bits per heavy atom. The molecule has 15 heavy (non-hydrogen) atoms. The molecule has 0 spiro atoms. The van der Waals surface area contributed by atoms with Gasteiger partial charge in [0.15, 0.2) is 0 Å². The van der Waals surface area contributed by atoms with Crippen LogP contribution in [0.2, 0.25) is 5.02 Å². The van der Waals surface area contributed by atoms with Crippen LogP contribution >= 0.6 is 11.6 Å². The second kappa shape index (κ2) is 4.37. The van der Waals surface area contributed by atoms with E-state index in [2.05, 4.69) is 6.07 Å². The van der Waals surface area contributed by atoms with Crippen LogP contribution in [0.15, 0.2) is 42.5 Å². The van der Waals surface area contributed by atoms with Gasteiger partial charge in [0.25, 0.3) is 0 Å². The van der Waals surface area contributed by atoms with E-state index >= 15 is 0 Å². The topological polar surface area (TPSA) is 9.23 Å². The lowest BCUT2D eigenvalue weighted by atomic mass is 10.1. The minimum absolute atomic E-state index is 0.610. The van der Waals surface area contributed by atoms with Gasteiger partial charge in [-0.25, -0.2) is 0 Å². The Hall–Kier alpha value is -1.47. The first kappa shape index (κ1) is 10.1. The van der Waals surface area contributed by atoms with Gasteiger partial charge >= 0.3 is 0 Å². The fraction of sp³-hybridized carbons (Fsp3) is 0.0769. The lowest BCUT2D eigenvalue weighted by molar-refractivity contribution is 0.416. The summed E-state index contributed by atoms with van der Waals surface area (Å²) in [6, 6.07) is 16.4. The highest BCUT2D eigenvalue weighted by Gasteiger charge is 2.04. The second-order valence-corrected chi connectivity index (χ2v) is 3.53. The number of rotatable bonds is 2. The molecule has 2 heteroatoms. The first-order valence-corrected chi connectivity index (χ1v) is 4.99. The zero-order valence-corrected chi connectivity index (χ0v) is 9.08. The van der Waals surface area contributed by atoms with Crippen molar-refractivity contribution >= 4 is 11.6 Å². The maximum atomic E-state index is 5.89. The molecule has 1 nitrogen and oxygen atoms in total. The molecule has 0 unspecified atom stereocenters. The van der Waals surface area contributed by atoms with Crippen LogP contribution in [0, 0.1) is 6.07 Å². The monoisotopic (exact) mass is 217 g/mol. The molecule has 2 aromatic carbocycles. The second-order valence-electron chi connectivity index (χ2n) is 3.13. The molecular formula is C13H10ClO. The van der Waals surface area contributed by atoms with E-state index < -0.39 is 0 Å². The number of hydrogen-bond donors (Lipinski definition) is 0. The van der Waals surface area contributed by atoms with Crippen molar-refractivity contribution < 1.29 is 4.74 Å². The highest BCUT2D eigenvalue weighted by Crippen LogP contribution is 2.30. The van der Waals surface area contributed by atoms with Gasteiger partial charge in [0.1, 0.15) is 5.75 Å². The summed E-state index contributed by atoms with van der Waals surface area (Å²) in [7, 11) is 1.66. The van der Waals surface area contributed by atoms with E-state index in [1.807, 2.05) is 42.5 Å². The summed E-state index contributed by atoms with van der Waals surface area (Å²) in [4.78, 5) is 0. The molecule has 1 radical (unpaired) electrons. The molecule has 2 aromatic rings. The average Bonchev–Trinajstić information content (AvgIpc) is 2.29. The molecule has 0 bridgehead atoms. The van der Waals surface area contributed by atoms with Gasteiger partial charge in [0.2, 0.25) is 0 Å². The van der Waals surface area contributed by atoms with Crippen LogP contribution in [-0.4, -0.2) is 7.11 Å². The zero-order chi connectivity index (χ0) is 10.7. The molecular weight excluding hydrogens is 208 g/mol. The van der Waals surface area contributed by atoms with Gasteiger partial charge in [-0.1, -0.05) is 41.9 Å². The van der Waals surface area contributed by atoms with Crippen LogP contribution in [0.3, 0.4) is 0 Å². The summed E-state index contributed by atoms with van der Waals surface area (Å²) in [5.41, 5.74) is 2.08. The highest BCUT2D eigenvalue weighted by molar-refractivity contribution is 6.30. The predicted octanol–water partition coefficient (Wildman–Crippen LogP) is 3.82. The normalized spacial score (nSPS) is 10.0. The first-order chi connectivity index (χ1) is 7.31. The Morgan fingerprint density at radius 1 is 1.20 bits per heavy atom. The third-order valence-corrected chi connectivity index (χ3v) is 2.40. The van der Waals surface area contributed by atoms with Crippen LogP contribution in [0.1, 0.15) is 0 Å².